The molecule has 4 aromatic carbocycles. The van der Waals surface area contributed by atoms with Crippen LogP contribution in [0.3, 0.4) is 0 Å². The van der Waals surface area contributed by atoms with Gasteiger partial charge >= 0.3 is 21.1 Å². The van der Waals surface area contributed by atoms with Crippen LogP contribution in [0.25, 0.3) is 55.1 Å². The number of aromatic nitrogens is 4. The number of fused-ring (bicyclic) bond motifs is 9. The molecule has 0 amide bonds. The second kappa shape index (κ2) is 12.7. The van der Waals surface area contributed by atoms with E-state index < -0.39 is 11.1 Å². The molecule has 276 valence electrons. The molecule has 0 saturated carbocycles. The van der Waals surface area contributed by atoms with Crippen molar-refractivity contribution in [3.63, 3.8) is 0 Å². The predicted molar refractivity (Wildman–Crippen MR) is 219 cm³/mol. The molecule has 2 aliphatic rings. The van der Waals surface area contributed by atoms with Crippen LogP contribution in [0.4, 0.5) is 0 Å². The van der Waals surface area contributed by atoms with Gasteiger partial charge in [0.1, 0.15) is 17.1 Å². The van der Waals surface area contributed by atoms with E-state index in [9.17, 15) is 0 Å². The summed E-state index contributed by atoms with van der Waals surface area (Å²) in [6.45, 7) is 15.2. The quantitative estimate of drug-likeness (QED) is 0.165. The zero-order valence-electron chi connectivity index (χ0n) is 32.3. The molecule has 10 rings (SSSR count). The number of aryl methyl sites for hydroxylation is 4. The van der Waals surface area contributed by atoms with Gasteiger partial charge in [0, 0.05) is 22.5 Å². The SMILES string of the molecule is Cc1ccc2c(c1)c1ccc(-n3c4ccc(C(C)C)cc4c4cccnc43)[c-]c1n2-c1[c-]c(C2=N[C@]3(C)CCCc4ccccc4[C@]3(C)O2)c(C)nc1C.[Pt+2]. The first-order valence-corrected chi connectivity index (χ1v) is 19.2. The van der Waals surface area contributed by atoms with Gasteiger partial charge in [0.05, 0.1) is 11.1 Å². The predicted octanol–water partition coefficient (Wildman–Crippen LogP) is 11.1. The number of benzene rings is 4. The third kappa shape index (κ3) is 5.20. The molecule has 0 radical (unpaired) electrons. The van der Waals surface area contributed by atoms with Crippen LogP contribution in [0.15, 0.2) is 96.1 Å². The summed E-state index contributed by atoms with van der Waals surface area (Å²) in [4.78, 5) is 15.5. The molecule has 0 bridgehead atoms. The van der Waals surface area contributed by atoms with Gasteiger partial charge in [0.15, 0.2) is 0 Å². The Kier molecular flexibility index (Phi) is 8.26. The molecule has 55 heavy (non-hydrogen) atoms. The minimum Gasteiger partial charge on any atom is -0.508 e. The fourth-order valence-corrected chi connectivity index (χ4v) is 9.19. The molecule has 2 atom stereocenters. The van der Waals surface area contributed by atoms with E-state index in [2.05, 4.69) is 142 Å². The topological polar surface area (TPSA) is 57.2 Å². The van der Waals surface area contributed by atoms with Crippen molar-refractivity contribution >= 4 is 49.6 Å². The Labute approximate surface area is 336 Å². The van der Waals surface area contributed by atoms with Gasteiger partial charge in [-0.3, -0.25) is 4.99 Å². The molecular formula is C48H43N5OPt. The van der Waals surface area contributed by atoms with Crippen molar-refractivity contribution in [2.45, 2.75) is 84.8 Å². The van der Waals surface area contributed by atoms with Crippen LogP contribution in [-0.2, 0) is 37.8 Å². The van der Waals surface area contributed by atoms with Gasteiger partial charge in [0.25, 0.3) is 0 Å². The number of nitrogens with zero attached hydrogens (tertiary/aromatic N) is 5. The number of pyridine rings is 2. The number of ether oxygens (including phenoxy) is 1. The smallest absolute Gasteiger partial charge is 0.508 e. The van der Waals surface area contributed by atoms with Crippen LogP contribution >= 0.6 is 0 Å². The Bertz CT molecular complexity index is 2900. The van der Waals surface area contributed by atoms with Gasteiger partial charge in [-0.05, 0) is 115 Å². The summed E-state index contributed by atoms with van der Waals surface area (Å²) in [5.41, 5.74) is 12.5. The van der Waals surface area contributed by atoms with E-state index in [0.717, 1.165) is 85.9 Å². The third-order valence-electron chi connectivity index (χ3n) is 12.3. The van der Waals surface area contributed by atoms with Gasteiger partial charge < -0.3 is 18.9 Å². The molecule has 0 fully saturated rings. The summed E-state index contributed by atoms with van der Waals surface area (Å²) >= 11 is 0. The van der Waals surface area contributed by atoms with Crippen LogP contribution in [0, 0.1) is 32.9 Å². The number of rotatable bonds is 4. The number of hydrogen-bond donors (Lipinski definition) is 0. The van der Waals surface area contributed by atoms with Crippen molar-refractivity contribution in [2.75, 3.05) is 0 Å². The maximum atomic E-state index is 7.06. The molecule has 5 heterocycles. The van der Waals surface area contributed by atoms with Gasteiger partial charge in [-0.15, -0.1) is 23.6 Å². The summed E-state index contributed by atoms with van der Waals surface area (Å²) in [5, 5.41) is 4.62. The van der Waals surface area contributed by atoms with Crippen molar-refractivity contribution in [3.8, 4) is 11.4 Å². The molecule has 6 nitrogen and oxygen atoms in total. The molecule has 7 heteroatoms. The zero-order valence-corrected chi connectivity index (χ0v) is 34.6. The Morgan fingerprint density at radius 3 is 2.40 bits per heavy atom. The van der Waals surface area contributed by atoms with E-state index in [4.69, 9.17) is 19.7 Å². The molecule has 0 spiro atoms. The monoisotopic (exact) mass is 900 g/mol. The van der Waals surface area contributed by atoms with Crippen LogP contribution in [0.1, 0.15) is 85.7 Å². The molecule has 8 aromatic rings. The first-order valence-electron chi connectivity index (χ1n) is 19.2. The summed E-state index contributed by atoms with van der Waals surface area (Å²) < 4.78 is 11.6. The standard InChI is InChI=1S/C48H43N5O.Pt/c1-28(2)33-17-21-41-39(25-33)36-14-11-23-49-45(36)52(41)34-18-19-35-38-24-29(3)16-20-42(38)53(44(35)26-34)43-27-37(30(4)50-31(43)5)46-51-47(6)22-10-13-32-12-8-9-15-40(32)48(47,7)54-46;/h8-9,11-12,14-21,23-25,28H,10,13,22H2,1-7H3;/q-2;+2/t47-,48+;/m1./s1. The van der Waals surface area contributed by atoms with E-state index in [-0.39, 0.29) is 21.1 Å². The normalized spacial score (nSPS) is 19.4. The minimum atomic E-state index is -0.597. The van der Waals surface area contributed by atoms with Crippen LogP contribution in [0.5, 0.6) is 0 Å². The average molecular weight is 901 g/mol. The molecule has 0 N–H and O–H groups in total. The largest absolute Gasteiger partial charge is 2.00 e. The second-order valence-electron chi connectivity index (χ2n) is 16.1. The summed E-state index contributed by atoms with van der Waals surface area (Å²) in [7, 11) is 0. The van der Waals surface area contributed by atoms with Gasteiger partial charge in [0.2, 0.25) is 0 Å². The fraction of sp³-hybridized carbons (Fsp3) is 0.271. The Balaban J connectivity index is 0.00000397. The molecule has 1 aliphatic carbocycles. The van der Waals surface area contributed by atoms with Gasteiger partial charge in [-0.1, -0.05) is 92.5 Å². The van der Waals surface area contributed by atoms with E-state index in [1.807, 2.05) is 19.2 Å². The first-order chi connectivity index (χ1) is 26.0. The van der Waals surface area contributed by atoms with Crippen molar-refractivity contribution < 1.29 is 25.8 Å². The van der Waals surface area contributed by atoms with Crippen molar-refractivity contribution in [3.05, 3.63) is 142 Å². The minimum absolute atomic E-state index is 0. The Hall–Kier alpha value is -5.06. The third-order valence-corrected chi connectivity index (χ3v) is 12.3. The van der Waals surface area contributed by atoms with Crippen molar-refractivity contribution in [2.24, 2.45) is 4.99 Å². The van der Waals surface area contributed by atoms with E-state index in [1.54, 1.807) is 0 Å². The zero-order chi connectivity index (χ0) is 37.1. The van der Waals surface area contributed by atoms with E-state index in [0.29, 0.717) is 11.8 Å². The summed E-state index contributed by atoms with van der Waals surface area (Å²) in [6, 6.07) is 38.5. The molecule has 0 saturated heterocycles. The van der Waals surface area contributed by atoms with Crippen LogP contribution < -0.4 is 0 Å². The number of hydrogen-bond acceptors (Lipinski definition) is 4. The average Bonchev–Trinajstić information content (AvgIpc) is 3.73. The van der Waals surface area contributed by atoms with Crippen molar-refractivity contribution in [1.29, 1.82) is 0 Å². The Morgan fingerprint density at radius 1 is 0.782 bits per heavy atom. The van der Waals surface area contributed by atoms with Gasteiger partial charge in [-0.2, -0.15) is 6.07 Å². The van der Waals surface area contributed by atoms with E-state index >= 15 is 0 Å². The maximum Gasteiger partial charge on any atom is 2.00 e. The van der Waals surface area contributed by atoms with Crippen LogP contribution in [-0.4, -0.2) is 30.5 Å². The van der Waals surface area contributed by atoms with Crippen molar-refractivity contribution in [1.82, 2.24) is 19.1 Å². The van der Waals surface area contributed by atoms with Crippen LogP contribution in [0.2, 0.25) is 0 Å². The number of aliphatic imine (C=N–C) groups is 1. The molecular weight excluding hydrogens is 858 g/mol. The summed E-state index contributed by atoms with van der Waals surface area (Å²) in [5.74, 6) is 1.04. The second-order valence-corrected chi connectivity index (χ2v) is 16.1. The first kappa shape index (κ1) is 35.6. The van der Waals surface area contributed by atoms with E-state index in [1.165, 1.54) is 27.6 Å². The molecule has 4 aromatic heterocycles. The molecule has 0 unspecified atom stereocenters. The fourth-order valence-electron chi connectivity index (χ4n) is 9.19. The summed E-state index contributed by atoms with van der Waals surface area (Å²) in [6.07, 6.45) is 4.91. The maximum absolute atomic E-state index is 7.06. The van der Waals surface area contributed by atoms with Gasteiger partial charge in [-0.25, -0.2) is 4.98 Å². The molecule has 1 aliphatic heterocycles. The Morgan fingerprint density at radius 2 is 1.56 bits per heavy atom.